The lowest BCUT2D eigenvalue weighted by atomic mass is 9.81. The molecular weight excluding hydrogens is 280 g/mol. The quantitative estimate of drug-likeness (QED) is 0.910. The van der Waals surface area contributed by atoms with Crippen LogP contribution in [0, 0.1) is 5.92 Å². The first-order valence-corrected chi connectivity index (χ1v) is 7.35. The van der Waals surface area contributed by atoms with Crippen LogP contribution < -0.4 is 4.74 Å². The average molecular weight is 298 g/mol. The van der Waals surface area contributed by atoms with Crippen molar-refractivity contribution in [3.63, 3.8) is 0 Å². The number of aliphatic hydroxyl groups excluding tert-OH is 1. The summed E-state index contributed by atoms with van der Waals surface area (Å²) in [6, 6.07) is 15.4. The number of carboxylic acid groups (broad SMARTS) is 1. The standard InChI is InChI=1S/C18H18O4/c19-17-15-9-7-14(22-11-12-4-2-1-3-5-12)10-13(15)6-8-16(17)18(20)21/h1-5,7,9-10,16-17,19H,6,8,11H2,(H,20,21). The van der Waals surface area contributed by atoms with Crippen LogP contribution in [0.25, 0.3) is 0 Å². The fraction of sp³-hybridized carbons (Fsp3) is 0.278. The topological polar surface area (TPSA) is 66.8 Å². The molecule has 0 amide bonds. The Labute approximate surface area is 129 Å². The van der Waals surface area contributed by atoms with E-state index in [1.807, 2.05) is 36.4 Å². The Morgan fingerprint density at radius 1 is 1.18 bits per heavy atom. The number of aliphatic carboxylic acids is 1. The minimum atomic E-state index is -0.942. The van der Waals surface area contributed by atoms with Crippen LogP contribution in [0.2, 0.25) is 0 Å². The van der Waals surface area contributed by atoms with Gasteiger partial charge in [-0.3, -0.25) is 4.79 Å². The van der Waals surface area contributed by atoms with Gasteiger partial charge >= 0.3 is 5.97 Å². The molecule has 0 radical (unpaired) electrons. The molecule has 0 fully saturated rings. The Morgan fingerprint density at radius 2 is 1.95 bits per heavy atom. The molecule has 2 aromatic carbocycles. The second-order valence-electron chi connectivity index (χ2n) is 5.56. The van der Waals surface area contributed by atoms with Gasteiger partial charge in [0.1, 0.15) is 12.4 Å². The summed E-state index contributed by atoms with van der Waals surface area (Å²) in [6.07, 6.45) is 0.154. The predicted molar refractivity (Wildman–Crippen MR) is 81.6 cm³/mol. The number of ether oxygens (including phenoxy) is 1. The van der Waals surface area contributed by atoms with Crippen molar-refractivity contribution in [2.75, 3.05) is 0 Å². The van der Waals surface area contributed by atoms with Gasteiger partial charge < -0.3 is 14.9 Å². The summed E-state index contributed by atoms with van der Waals surface area (Å²) in [6.45, 7) is 0.486. The molecule has 22 heavy (non-hydrogen) atoms. The number of benzene rings is 2. The predicted octanol–water partition coefficient (Wildman–Crippen LogP) is 2.95. The van der Waals surface area contributed by atoms with Crippen molar-refractivity contribution in [2.45, 2.75) is 25.6 Å². The highest BCUT2D eigenvalue weighted by atomic mass is 16.5. The molecule has 4 nitrogen and oxygen atoms in total. The SMILES string of the molecule is O=C(O)C1CCc2cc(OCc3ccccc3)ccc2C1O. The maximum atomic E-state index is 11.1. The third-order valence-corrected chi connectivity index (χ3v) is 4.10. The van der Waals surface area contributed by atoms with Gasteiger partial charge in [-0.1, -0.05) is 36.4 Å². The molecule has 0 spiro atoms. The number of carboxylic acids is 1. The van der Waals surface area contributed by atoms with E-state index in [0.717, 1.165) is 16.9 Å². The second-order valence-corrected chi connectivity index (χ2v) is 5.56. The summed E-state index contributed by atoms with van der Waals surface area (Å²) in [4.78, 5) is 11.1. The van der Waals surface area contributed by atoms with Crippen molar-refractivity contribution in [2.24, 2.45) is 5.92 Å². The van der Waals surface area contributed by atoms with E-state index in [1.54, 1.807) is 12.1 Å². The lowest BCUT2D eigenvalue weighted by molar-refractivity contribution is -0.146. The lowest BCUT2D eigenvalue weighted by Crippen LogP contribution is -2.27. The van der Waals surface area contributed by atoms with E-state index in [-0.39, 0.29) is 0 Å². The molecule has 0 saturated carbocycles. The third-order valence-electron chi connectivity index (χ3n) is 4.10. The van der Waals surface area contributed by atoms with Gasteiger partial charge in [-0.05, 0) is 41.7 Å². The third kappa shape index (κ3) is 2.97. The fourth-order valence-electron chi connectivity index (χ4n) is 2.86. The normalized spacial score (nSPS) is 20.2. The molecule has 4 heteroatoms. The molecule has 0 aromatic heterocycles. The van der Waals surface area contributed by atoms with Crippen LogP contribution in [-0.2, 0) is 17.8 Å². The first-order chi connectivity index (χ1) is 10.6. The highest BCUT2D eigenvalue weighted by molar-refractivity contribution is 5.71. The molecule has 1 aliphatic carbocycles. The highest BCUT2D eigenvalue weighted by Crippen LogP contribution is 2.36. The van der Waals surface area contributed by atoms with E-state index in [0.29, 0.717) is 25.0 Å². The number of aliphatic hydroxyl groups is 1. The summed E-state index contributed by atoms with van der Waals surface area (Å²) in [5, 5.41) is 19.3. The molecule has 0 aliphatic heterocycles. The van der Waals surface area contributed by atoms with Crippen LogP contribution in [-0.4, -0.2) is 16.2 Å². The zero-order valence-corrected chi connectivity index (χ0v) is 12.1. The van der Waals surface area contributed by atoms with Crippen molar-refractivity contribution < 1.29 is 19.7 Å². The zero-order valence-electron chi connectivity index (χ0n) is 12.1. The maximum Gasteiger partial charge on any atom is 0.309 e. The van der Waals surface area contributed by atoms with Crippen LogP contribution in [0.3, 0.4) is 0 Å². The van der Waals surface area contributed by atoms with E-state index >= 15 is 0 Å². The Balaban J connectivity index is 1.73. The van der Waals surface area contributed by atoms with Crippen molar-refractivity contribution in [1.82, 2.24) is 0 Å². The maximum absolute atomic E-state index is 11.1. The molecule has 3 rings (SSSR count). The van der Waals surface area contributed by atoms with Crippen LogP contribution in [0.1, 0.15) is 29.2 Å². The minimum Gasteiger partial charge on any atom is -0.489 e. The minimum absolute atomic E-state index is 0.450. The summed E-state index contributed by atoms with van der Waals surface area (Å²) in [5.41, 5.74) is 2.76. The highest BCUT2D eigenvalue weighted by Gasteiger charge is 2.33. The van der Waals surface area contributed by atoms with Gasteiger partial charge in [-0.15, -0.1) is 0 Å². The molecule has 2 atom stereocenters. The van der Waals surface area contributed by atoms with Crippen LogP contribution in [0.15, 0.2) is 48.5 Å². The van der Waals surface area contributed by atoms with Crippen molar-refractivity contribution in [3.8, 4) is 5.75 Å². The van der Waals surface area contributed by atoms with E-state index < -0.39 is 18.0 Å². The number of fused-ring (bicyclic) bond motifs is 1. The molecule has 114 valence electrons. The molecule has 0 bridgehead atoms. The van der Waals surface area contributed by atoms with Gasteiger partial charge in [0.25, 0.3) is 0 Å². The summed E-state index contributed by atoms with van der Waals surface area (Å²) >= 11 is 0. The number of hydrogen-bond acceptors (Lipinski definition) is 3. The lowest BCUT2D eigenvalue weighted by Gasteiger charge is -2.27. The Bertz CT molecular complexity index is 666. The van der Waals surface area contributed by atoms with E-state index in [4.69, 9.17) is 9.84 Å². The van der Waals surface area contributed by atoms with Gasteiger partial charge in [0.05, 0.1) is 12.0 Å². The molecule has 2 N–H and O–H groups in total. The molecular formula is C18H18O4. The van der Waals surface area contributed by atoms with Crippen LogP contribution >= 0.6 is 0 Å². The molecule has 2 unspecified atom stereocenters. The Morgan fingerprint density at radius 3 is 2.68 bits per heavy atom. The monoisotopic (exact) mass is 298 g/mol. The van der Waals surface area contributed by atoms with Gasteiger partial charge in [0, 0.05) is 0 Å². The van der Waals surface area contributed by atoms with Gasteiger partial charge in [0.15, 0.2) is 0 Å². The second kappa shape index (κ2) is 6.20. The largest absolute Gasteiger partial charge is 0.489 e. The molecule has 2 aromatic rings. The van der Waals surface area contributed by atoms with Crippen molar-refractivity contribution in [1.29, 1.82) is 0 Å². The number of hydrogen-bond donors (Lipinski definition) is 2. The van der Waals surface area contributed by atoms with Crippen molar-refractivity contribution in [3.05, 3.63) is 65.2 Å². The number of rotatable bonds is 4. The van der Waals surface area contributed by atoms with E-state index in [1.165, 1.54) is 0 Å². The number of aryl methyl sites for hydroxylation is 1. The molecule has 1 aliphatic rings. The van der Waals surface area contributed by atoms with E-state index in [9.17, 15) is 9.90 Å². The summed E-state index contributed by atoms with van der Waals surface area (Å²) in [7, 11) is 0. The molecule has 0 heterocycles. The fourth-order valence-corrected chi connectivity index (χ4v) is 2.86. The van der Waals surface area contributed by atoms with Crippen LogP contribution in [0.4, 0.5) is 0 Å². The van der Waals surface area contributed by atoms with Gasteiger partial charge in [-0.25, -0.2) is 0 Å². The van der Waals surface area contributed by atoms with Crippen LogP contribution in [0.5, 0.6) is 5.75 Å². The van der Waals surface area contributed by atoms with Gasteiger partial charge in [0.2, 0.25) is 0 Å². The summed E-state index contributed by atoms with van der Waals surface area (Å²) < 4.78 is 5.77. The molecule has 0 saturated heterocycles. The zero-order chi connectivity index (χ0) is 15.5. The first-order valence-electron chi connectivity index (χ1n) is 7.35. The average Bonchev–Trinajstić information content (AvgIpc) is 2.54. The van der Waals surface area contributed by atoms with Crippen molar-refractivity contribution >= 4 is 5.97 Å². The Hall–Kier alpha value is -2.33. The van der Waals surface area contributed by atoms with E-state index in [2.05, 4.69) is 0 Å². The first kappa shape index (κ1) is 14.6. The smallest absolute Gasteiger partial charge is 0.309 e. The number of carbonyl (C=O) groups is 1. The Kier molecular flexibility index (Phi) is 4.11. The summed E-state index contributed by atoms with van der Waals surface area (Å²) in [5.74, 6) is -0.922. The van der Waals surface area contributed by atoms with Gasteiger partial charge in [-0.2, -0.15) is 0 Å².